The zero-order valence-electron chi connectivity index (χ0n) is 78.9. The topological polar surface area (TPSA) is 112 Å². The molecule has 0 bridgehead atoms. The van der Waals surface area contributed by atoms with Crippen LogP contribution in [0.2, 0.25) is 0 Å². The lowest BCUT2D eigenvalue weighted by Gasteiger charge is -2.17. The summed E-state index contributed by atoms with van der Waals surface area (Å²) in [5.41, 5.74) is 27.7. The first-order valence-corrected chi connectivity index (χ1v) is 48.5. The number of fused-ring (bicyclic) bond motifs is 27. The maximum absolute atomic E-state index is 5.68. The Morgan fingerprint density at radius 1 is 0.168 bits per heavy atom. The Morgan fingerprint density at radius 2 is 0.462 bits per heavy atom. The van der Waals surface area contributed by atoms with Gasteiger partial charge in [-0.1, -0.05) is 363 Å². The predicted molar refractivity (Wildman–Crippen MR) is 599 cm³/mol. The Balaban J connectivity index is 0.000000110. The number of hydrogen-bond acceptors (Lipinski definition) is 9. The second-order valence-electron chi connectivity index (χ2n) is 37.4. The molecule has 0 aliphatic rings. The minimum Gasteiger partial charge on any atom is -0.497 e. The molecule has 28 rings (SSSR count). The van der Waals surface area contributed by atoms with Gasteiger partial charge in [-0.25, -0.2) is 15.0 Å². The lowest BCUT2D eigenvalue weighted by molar-refractivity contribution is 0.414. The normalized spacial score (nSPS) is 11.6. The number of benzene rings is 22. The molecule has 0 unspecified atom stereocenters. The van der Waals surface area contributed by atoms with Crippen LogP contribution in [-0.2, 0) is 0 Å². The molecule has 6 aromatic heterocycles. The van der Waals surface area contributed by atoms with Gasteiger partial charge in [-0.2, -0.15) is 0 Å². The Bertz CT molecular complexity index is 9990. The third-order valence-corrected chi connectivity index (χ3v) is 28.5. The standard InChI is InChI=1S/C46H28N4.C44H30N2O.C44H30N2/c1-3-14-30(15-4-1)44-48-45(31-16-5-2-6-17-31)50-46(49-44)34-26-41-42-37-21-11-9-19-35(37)39(33-24-23-29-13-7-8-18-32(29)25-33)27-40(42)36-20-10-12-22-38(36)43(41)47-28-34;1-27-19-31(22-34(20-27)47-2)39-24-40-36-11-5-7-13-38(36)44-41(43(40)37-12-6-4-10-35(37)39)23-33(26-46-44)29-17-15-28(16-18-29)32-21-30-9-3-8-14-42(30)45-25-32;1-27-19-28(2)21-32(20-27)39-24-40-36-11-5-7-13-38(36)44-41(43(40)37-12-6-4-10-35(37)39)23-34(26-46-44)30-17-15-29(16-18-30)33-22-31-9-3-8-14-42(31)45-25-33/h1-28H;3-26H,1-2H3;3-26H,1-2H3. The van der Waals surface area contributed by atoms with Gasteiger partial charge in [0.2, 0.25) is 0 Å². The maximum Gasteiger partial charge on any atom is 0.165 e. The molecule has 28 aromatic rings. The minimum absolute atomic E-state index is 0.588. The monoisotopic (exact) mass is 1820 g/mol. The van der Waals surface area contributed by atoms with Crippen LogP contribution in [0.15, 0.2) is 462 Å². The molecule has 0 N–H and O–H groups in total. The van der Waals surface area contributed by atoms with Crippen molar-refractivity contribution in [2.45, 2.75) is 20.8 Å². The van der Waals surface area contributed by atoms with E-state index in [9.17, 15) is 0 Å². The molecule has 0 radical (unpaired) electrons. The van der Waals surface area contributed by atoms with Gasteiger partial charge in [-0.3, -0.25) is 24.9 Å². The lowest BCUT2D eigenvalue weighted by Crippen LogP contribution is -2.00. The largest absolute Gasteiger partial charge is 0.497 e. The van der Waals surface area contributed by atoms with Crippen LogP contribution in [0, 0.1) is 20.8 Å². The number of aromatic nitrogens is 8. The SMILES string of the molecule is COc1cc(C)cc(-c2cc3c4ccccc4c4ncc(-c5ccc(-c6cnc7ccccc7c6)cc5)cc4c3c3ccccc23)c1.Cc1cc(C)cc(-c2cc3c4ccccc4c4ncc(-c5ccc(-c6cnc7ccccc7c6)cc5)cc4c3c3ccccc23)c1.c1ccc(-c2nc(-c3ccccc3)nc(-c3cnc4c5ccccc5c5cc(-c6ccc7ccccc7c6)c6ccccc6c5c4c3)n2)cc1. The van der Waals surface area contributed by atoms with E-state index in [1.165, 1.54) is 147 Å². The molecule has 22 aromatic carbocycles. The quantitative estimate of drug-likeness (QED) is 0.117. The van der Waals surface area contributed by atoms with Gasteiger partial charge in [0, 0.05) is 113 Å². The third-order valence-electron chi connectivity index (χ3n) is 28.5. The van der Waals surface area contributed by atoms with Crippen molar-refractivity contribution in [3.05, 3.63) is 478 Å². The summed E-state index contributed by atoms with van der Waals surface area (Å²) in [5.74, 6) is 2.71. The lowest BCUT2D eigenvalue weighted by atomic mass is 9.87. The summed E-state index contributed by atoms with van der Waals surface area (Å²) in [7, 11) is 1.73. The van der Waals surface area contributed by atoms with E-state index < -0.39 is 0 Å². The van der Waals surface area contributed by atoms with Crippen LogP contribution in [-0.4, -0.2) is 47.0 Å². The highest BCUT2D eigenvalue weighted by Gasteiger charge is 2.24. The molecule has 9 nitrogen and oxygen atoms in total. The number of methoxy groups -OCH3 is 1. The van der Waals surface area contributed by atoms with E-state index in [0.717, 1.165) is 132 Å². The number of ether oxygens (including phenoxy) is 1. The maximum atomic E-state index is 5.68. The summed E-state index contributed by atoms with van der Waals surface area (Å²) in [6.45, 7) is 6.48. The van der Waals surface area contributed by atoms with Crippen LogP contribution in [0.4, 0.5) is 0 Å². The molecule has 670 valence electrons. The van der Waals surface area contributed by atoms with Crippen molar-refractivity contribution < 1.29 is 4.74 Å². The fraction of sp³-hybridized carbons (Fsp3) is 0.0299. The van der Waals surface area contributed by atoms with Gasteiger partial charge < -0.3 is 4.74 Å². The first-order valence-electron chi connectivity index (χ1n) is 48.5. The van der Waals surface area contributed by atoms with E-state index in [0.29, 0.717) is 17.5 Å². The zero-order valence-corrected chi connectivity index (χ0v) is 78.9. The number of para-hydroxylation sites is 2. The van der Waals surface area contributed by atoms with Gasteiger partial charge in [0.25, 0.3) is 0 Å². The van der Waals surface area contributed by atoms with Crippen molar-refractivity contribution in [3.8, 4) is 118 Å². The van der Waals surface area contributed by atoms with Crippen molar-refractivity contribution in [1.29, 1.82) is 0 Å². The van der Waals surface area contributed by atoms with Crippen molar-refractivity contribution >= 4 is 162 Å². The molecule has 0 aliphatic carbocycles. The number of pyridine rings is 5. The van der Waals surface area contributed by atoms with E-state index in [1.807, 2.05) is 110 Å². The van der Waals surface area contributed by atoms with Crippen LogP contribution < -0.4 is 4.74 Å². The van der Waals surface area contributed by atoms with Crippen molar-refractivity contribution in [1.82, 2.24) is 39.9 Å². The molecule has 0 fully saturated rings. The fourth-order valence-electron chi connectivity index (χ4n) is 21.8. The number of aryl methyl sites for hydroxylation is 3. The van der Waals surface area contributed by atoms with Gasteiger partial charge in [-0.05, 0) is 252 Å². The van der Waals surface area contributed by atoms with Crippen molar-refractivity contribution in [3.63, 3.8) is 0 Å². The molecular weight excluding hydrogens is 1740 g/mol. The molecule has 0 amide bonds. The van der Waals surface area contributed by atoms with Gasteiger partial charge in [0.15, 0.2) is 17.5 Å². The number of rotatable bonds is 11. The average Bonchev–Trinajstić information content (AvgIpc) is 0.722. The van der Waals surface area contributed by atoms with Gasteiger partial charge in [0.05, 0.1) is 34.7 Å². The Morgan fingerprint density at radius 3 is 0.874 bits per heavy atom. The molecule has 143 heavy (non-hydrogen) atoms. The summed E-state index contributed by atoms with van der Waals surface area (Å²) in [6.07, 6.45) is 9.87. The number of nitrogens with zero attached hydrogens (tertiary/aromatic N) is 8. The van der Waals surface area contributed by atoms with E-state index in [1.54, 1.807) is 7.11 Å². The van der Waals surface area contributed by atoms with E-state index >= 15 is 0 Å². The van der Waals surface area contributed by atoms with E-state index in [2.05, 4.69) is 383 Å². The highest BCUT2D eigenvalue weighted by Crippen LogP contribution is 2.50. The molecular formula is C134H88N8O. The van der Waals surface area contributed by atoms with Crippen LogP contribution in [0.3, 0.4) is 0 Å². The van der Waals surface area contributed by atoms with Crippen molar-refractivity contribution in [2.24, 2.45) is 0 Å². The van der Waals surface area contributed by atoms with Gasteiger partial charge in [-0.15, -0.1) is 0 Å². The summed E-state index contributed by atoms with van der Waals surface area (Å²) in [6, 6.07) is 154. The summed E-state index contributed by atoms with van der Waals surface area (Å²) in [4.78, 5) is 39.8. The second kappa shape index (κ2) is 35.4. The third kappa shape index (κ3) is 15.3. The highest BCUT2D eigenvalue weighted by atomic mass is 16.5. The summed E-state index contributed by atoms with van der Waals surface area (Å²) >= 11 is 0. The molecule has 0 spiro atoms. The molecule has 0 aliphatic heterocycles. The van der Waals surface area contributed by atoms with Crippen LogP contribution in [0.1, 0.15) is 16.7 Å². The fourth-order valence-corrected chi connectivity index (χ4v) is 21.8. The molecule has 0 saturated heterocycles. The number of hydrogen-bond donors (Lipinski definition) is 0. The Hall–Kier alpha value is -18.7. The van der Waals surface area contributed by atoms with Crippen LogP contribution >= 0.6 is 0 Å². The highest BCUT2D eigenvalue weighted by molar-refractivity contribution is 6.36. The molecule has 9 heteroatoms. The molecule has 6 heterocycles. The Kier molecular flexibility index (Phi) is 21.0. The average molecular weight is 1830 g/mol. The predicted octanol–water partition coefficient (Wildman–Crippen LogP) is 35.1. The van der Waals surface area contributed by atoms with Crippen LogP contribution in [0.25, 0.3) is 274 Å². The summed E-state index contributed by atoms with van der Waals surface area (Å²) < 4.78 is 5.68. The first kappa shape index (κ1) is 84.8. The van der Waals surface area contributed by atoms with Crippen molar-refractivity contribution in [2.75, 3.05) is 7.11 Å². The van der Waals surface area contributed by atoms with Gasteiger partial charge >= 0.3 is 0 Å². The smallest absolute Gasteiger partial charge is 0.165 e. The Labute approximate surface area is 825 Å². The van der Waals surface area contributed by atoms with E-state index in [4.69, 9.17) is 34.6 Å². The zero-order chi connectivity index (χ0) is 95.3. The minimum atomic E-state index is 0.588. The van der Waals surface area contributed by atoms with Crippen LogP contribution in [0.5, 0.6) is 5.75 Å². The molecule has 0 atom stereocenters. The van der Waals surface area contributed by atoms with Gasteiger partial charge in [0.1, 0.15) is 5.75 Å². The second-order valence-corrected chi connectivity index (χ2v) is 37.4. The van der Waals surface area contributed by atoms with E-state index in [-0.39, 0.29) is 0 Å². The first-order chi connectivity index (χ1) is 70.5. The molecule has 0 saturated carbocycles. The summed E-state index contributed by atoms with van der Waals surface area (Å²) in [5, 5.41) is 29.9.